The van der Waals surface area contributed by atoms with Crippen LogP contribution in [0.4, 0.5) is 0 Å². The highest BCUT2D eigenvalue weighted by Crippen LogP contribution is 2.10. The van der Waals surface area contributed by atoms with Gasteiger partial charge in [0.25, 0.3) is 0 Å². The van der Waals surface area contributed by atoms with Crippen molar-refractivity contribution in [3.8, 4) is 0 Å². The third-order valence-electron chi connectivity index (χ3n) is 8.57. The van der Waals surface area contributed by atoms with E-state index in [1.807, 2.05) is 54.7 Å². The van der Waals surface area contributed by atoms with Crippen LogP contribution in [0.15, 0.2) is 122 Å². The molecule has 0 rings (SSSR count). The van der Waals surface area contributed by atoms with Crippen LogP contribution in [0.25, 0.3) is 0 Å². The van der Waals surface area contributed by atoms with E-state index in [0.29, 0.717) is 19.3 Å². The third kappa shape index (κ3) is 42.8. The van der Waals surface area contributed by atoms with E-state index < -0.39 is 12.1 Å². The van der Waals surface area contributed by atoms with E-state index in [1.165, 1.54) is 38.5 Å². The average molecular weight is 787 g/mol. The molecule has 0 spiro atoms. The molecule has 0 amide bonds. The lowest BCUT2D eigenvalue weighted by molar-refractivity contribution is -0.166. The molecule has 0 saturated heterocycles. The van der Waals surface area contributed by atoms with Gasteiger partial charge in [-0.25, -0.2) is 0 Å². The van der Waals surface area contributed by atoms with Gasteiger partial charge in [0.05, 0.1) is 0 Å². The Labute approximate surface area is 348 Å². The molecular formula is C51H78O6. The van der Waals surface area contributed by atoms with Crippen LogP contribution in [0.2, 0.25) is 0 Å². The highest BCUT2D eigenvalue weighted by atomic mass is 16.6. The summed E-state index contributed by atoms with van der Waals surface area (Å²) in [4.78, 5) is 37.6. The van der Waals surface area contributed by atoms with Gasteiger partial charge in [-0.15, -0.1) is 0 Å². The molecule has 0 aromatic heterocycles. The highest BCUT2D eigenvalue weighted by Gasteiger charge is 2.19. The lowest BCUT2D eigenvalue weighted by Gasteiger charge is -2.18. The summed E-state index contributed by atoms with van der Waals surface area (Å²) in [5.41, 5.74) is 0. The van der Waals surface area contributed by atoms with E-state index in [4.69, 9.17) is 14.2 Å². The fourth-order valence-corrected chi connectivity index (χ4v) is 5.30. The fraction of sp³-hybridized carbons (Fsp3) is 0.549. The number of rotatable bonds is 37. The van der Waals surface area contributed by atoms with E-state index >= 15 is 0 Å². The van der Waals surface area contributed by atoms with Crippen molar-refractivity contribution < 1.29 is 28.6 Å². The van der Waals surface area contributed by atoms with Crippen molar-refractivity contribution in [3.05, 3.63) is 122 Å². The van der Waals surface area contributed by atoms with Crippen molar-refractivity contribution in [2.75, 3.05) is 13.2 Å². The number of allylic oxidation sites excluding steroid dienone is 20. The highest BCUT2D eigenvalue weighted by molar-refractivity contribution is 5.71. The van der Waals surface area contributed by atoms with E-state index in [0.717, 1.165) is 64.2 Å². The molecule has 57 heavy (non-hydrogen) atoms. The Morgan fingerprint density at radius 1 is 0.386 bits per heavy atom. The molecule has 0 aliphatic rings. The first-order valence-corrected chi connectivity index (χ1v) is 22.1. The van der Waals surface area contributed by atoms with Gasteiger partial charge in [-0.2, -0.15) is 0 Å². The minimum atomic E-state index is -0.847. The zero-order chi connectivity index (χ0) is 41.5. The molecule has 0 heterocycles. The molecular weight excluding hydrogens is 709 g/mol. The van der Waals surface area contributed by atoms with Crippen molar-refractivity contribution >= 4 is 17.9 Å². The van der Waals surface area contributed by atoms with Crippen molar-refractivity contribution in [2.24, 2.45) is 0 Å². The third-order valence-corrected chi connectivity index (χ3v) is 8.57. The number of unbranched alkanes of at least 4 members (excludes halogenated alkanes) is 10. The molecule has 0 saturated carbocycles. The molecule has 0 aromatic carbocycles. The number of esters is 3. The maximum Gasteiger partial charge on any atom is 0.306 e. The second-order valence-corrected chi connectivity index (χ2v) is 14.0. The number of hydrogen-bond donors (Lipinski definition) is 0. The van der Waals surface area contributed by atoms with E-state index in [-0.39, 0.29) is 44.4 Å². The van der Waals surface area contributed by atoms with E-state index in [2.05, 4.69) is 87.6 Å². The Morgan fingerprint density at radius 2 is 0.825 bits per heavy atom. The van der Waals surface area contributed by atoms with E-state index in [1.54, 1.807) is 0 Å². The summed E-state index contributed by atoms with van der Waals surface area (Å²) in [6.07, 6.45) is 60.6. The zero-order valence-electron chi connectivity index (χ0n) is 36.0. The lowest BCUT2D eigenvalue weighted by atomic mass is 10.1. The van der Waals surface area contributed by atoms with Crippen LogP contribution in [0.1, 0.15) is 162 Å². The summed E-state index contributed by atoms with van der Waals surface area (Å²) in [6, 6.07) is 0. The van der Waals surface area contributed by atoms with Crippen molar-refractivity contribution in [1.82, 2.24) is 0 Å². The number of carbonyl (C=O) groups excluding carboxylic acids is 3. The summed E-state index contributed by atoms with van der Waals surface area (Å²) in [5, 5.41) is 0. The first-order valence-electron chi connectivity index (χ1n) is 22.1. The first kappa shape index (κ1) is 52.8. The molecule has 6 heteroatoms. The number of ether oxygens (including phenoxy) is 3. The minimum absolute atomic E-state index is 0.143. The molecule has 1 atom stereocenters. The van der Waals surface area contributed by atoms with Crippen LogP contribution in [0.3, 0.4) is 0 Å². The molecule has 0 aromatic rings. The Morgan fingerprint density at radius 3 is 1.42 bits per heavy atom. The second kappa shape index (κ2) is 44.5. The summed E-state index contributed by atoms with van der Waals surface area (Å²) < 4.78 is 16.5. The summed E-state index contributed by atoms with van der Waals surface area (Å²) in [7, 11) is 0. The Kier molecular flexibility index (Phi) is 41.3. The smallest absolute Gasteiger partial charge is 0.306 e. The van der Waals surface area contributed by atoms with Gasteiger partial charge in [-0.3, -0.25) is 14.4 Å². The van der Waals surface area contributed by atoms with Crippen LogP contribution in [-0.2, 0) is 28.6 Å². The monoisotopic (exact) mass is 787 g/mol. The van der Waals surface area contributed by atoms with E-state index in [9.17, 15) is 14.4 Å². The van der Waals surface area contributed by atoms with Crippen LogP contribution in [-0.4, -0.2) is 37.2 Å². The SMILES string of the molecule is CC\C=C/C=C\C=C/C=C\C=C/CCCCCC(=O)OCC(COC(=O)CCC/C=C\C/C=C\C/C=C\CC)OC(=O)CC/C=C\C/C=C\CCCCCCCC. The normalized spacial score (nSPS) is 13.2. The standard InChI is InChI=1S/C51H78O6/c1-4-7-10-13-16-19-22-24-25-27-29-32-35-38-41-44-50(53)56-47-48(46-55-49(52)43-40-37-34-31-28-21-18-15-12-9-6-3)57-51(54)45-42-39-36-33-30-26-23-20-17-14-11-8-5-2/h7,9-10,12-13,16,18-19,21-22,24-27,29-31,34,36,39,48H,4-6,8,11,14-15,17,20,23,28,32-33,35,37-38,40-47H2,1-3H3/b10-7-,12-9-,16-13-,21-18-,22-19-,25-24-,29-27-,30-26-,34-31-,39-36-. The zero-order valence-corrected chi connectivity index (χ0v) is 36.0. The van der Waals surface area contributed by atoms with Gasteiger partial charge in [-0.1, -0.05) is 181 Å². The average Bonchev–Trinajstić information content (AvgIpc) is 3.21. The van der Waals surface area contributed by atoms with Crippen molar-refractivity contribution in [3.63, 3.8) is 0 Å². The number of carbonyl (C=O) groups is 3. The lowest BCUT2D eigenvalue weighted by Crippen LogP contribution is -2.30. The van der Waals surface area contributed by atoms with Gasteiger partial charge in [0.2, 0.25) is 0 Å². The van der Waals surface area contributed by atoms with Gasteiger partial charge in [0, 0.05) is 19.3 Å². The van der Waals surface area contributed by atoms with Gasteiger partial charge in [0.1, 0.15) is 13.2 Å². The maximum atomic E-state index is 12.7. The molecule has 0 fully saturated rings. The quantitative estimate of drug-likeness (QED) is 0.0205. The Balaban J connectivity index is 4.63. The predicted molar refractivity (Wildman–Crippen MR) is 242 cm³/mol. The summed E-state index contributed by atoms with van der Waals surface area (Å²) in [6.45, 7) is 6.19. The molecule has 0 N–H and O–H groups in total. The largest absolute Gasteiger partial charge is 0.462 e. The van der Waals surface area contributed by atoms with Gasteiger partial charge in [-0.05, 0) is 83.5 Å². The molecule has 0 aliphatic carbocycles. The summed E-state index contributed by atoms with van der Waals surface area (Å²) in [5.74, 6) is -1.12. The van der Waals surface area contributed by atoms with Crippen LogP contribution in [0.5, 0.6) is 0 Å². The Hall–Kier alpha value is -4.19. The molecule has 1 unspecified atom stereocenters. The van der Waals surface area contributed by atoms with Crippen LogP contribution < -0.4 is 0 Å². The maximum absolute atomic E-state index is 12.7. The van der Waals surface area contributed by atoms with Gasteiger partial charge >= 0.3 is 17.9 Å². The summed E-state index contributed by atoms with van der Waals surface area (Å²) >= 11 is 0. The van der Waals surface area contributed by atoms with Gasteiger partial charge in [0.15, 0.2) is 6.10 Å². The molecule has 0 aliphatic heterocycles. The molecule has 0 bridgehead atoms. The molecule has 6 nitrogen and oxygen atoms in total. The minimum Gasteiger partial charge on any atom is -0.462 e. The van der Waals surface area contributed by atoms with Gasteiger partial charge < -0.3 is 14.2 Å². The van der Waals surface area contributed by atoms with Crippen molar-refractivity contribution in [1.29, 1.82) is 0 Å². The van der Waals surface area contributed by atoms with Crippen LogP contribution >= 0.6 is 0 Å². The second-order valence-electron chi connectivity index (χ2n) is 14.0. The predicted octanol–water partition coefficient (Wildman–Crippen LogP) is 14.2. The first-order chi connectivity index (χ1) is 28.0. The Bertz CT molecular complexity index is 1270. The van der Waals surface area contributed by atoms with Crippen molar-refractivity contribution in [2.45, 2.75) is 168 Å². The topological polar surface area (TPSA) is 78.9 Å². The molecule has 0 radical (unpaired) electrons. The van der Waals surface area contributed by atoms with Crippen LogP contribution in [0, 0.1) is 0 Å². The fourth-order valence-electron chi connectivity index (χ4n) is 5.30. The number of hydrogen-bond acceptors (Lipinski definition) is 6. The molecule has 318 valence electrons.